The van der Waals surface area contributed by atoms with Crippen LogP contribution in [0.3, 0.4) is 0 Å². The summed E-state index contributed by atoms with van der Waals surface area (Å²) in [5, 5.41) is 3.74. The fourth-order valence-electron chi connectivity index (χ4n) is 3.88. The Morgan fingerprint density at radius 2 is 1.55 bits per heavy atom. The number of rotatable bonds is 12. The maximum atomic E-state index is 13.8. The molecule has 0 unspecified atom stereocenters. The van der Waals surface area contributed by atoms with Gasteiger partial charge in [-0.25, -0.2) is 8.42 Å². The Morgan fingerprint density at radius 3 is 2.18 bits per heavy atom. The van der Waals surface area contributed by atoms with Crippen molar-refractivity contribution in [2.75, 3.05) is 20.1 Å². The molecule has 0 saturated heterocycles. The summed E-state index contributed by atoms with van der Waals surface area (Å²) < 4.78 is 27.3. The molecule has 0 radical (unpaired) electrons. The summed E-state index contributed by atoms with van der Waals surface area (Å²) >= 11 is 12.3. The zero-order chi connectivity index (χ0) is 27.7. The topological polar surface area (TPSA) is 86.8 Å². The van der Waals surface area contributed by atoms with Gasteiger partial charge in [-0.3, -0.25) is 9.59 Å². The minimum Gasteiger partial charge on any atom is -0.354 e. The van der Waals surface area contributed by atoms with Crippen LogP contribution in [0.2, 0.25) is 10.0 Å². The first-order valence-electron chi connectivity index (χ1n) is 12.2. The zero-order valence-electron chi connectivity index (χ0n) is 21.3. The van der Waals surface area contributed by atoms with Gasteiger partial charge in [0.15, 0.2) is 0 Å². The number of likely N-dealkylation sites (N-methyl/N-ethyl adjacent to an activating group) is 1. The highest BCUT2D eigenvalue weighted by Gasteiger charge is 2.33. The van der Waals surface area contributed by atoms with Gasteiger partial charge < -0.3 is 10.2 Å². The molecule has 202 valence electrons. The van der Waals surface area contributed by atoms with Gasteiger partial charge in [-0.1, -0.05) is 78.7 Å². The van der Waals surface area contributed by atoms with E-state index < -0.39 is 28.5 Å². The predicted molar refractivity (Wildman–Crippen MR) is 151 cm³/mol. The van der Waals surface area contributed by atoms with E-state index >= 15 is 0 Å². The monoisotopic (exact) mass is 575 g/mol. The Labute approximate surface area is 234 Å². The normalized spacial score (nSPS) is 12.2. The van der Waals surface area contributed by atoms with Crippen molar-refractivity contribution in [1.82, 2.24) is 14.5 Å². The van der Waals surface area contributed by atoms with Gasteiger partial charge in [0.2, 0.25) is 21.8 Å². The quantitative estimate of drug-likeness (QED) is 0.336. The second-order valence-corrected chi connectivity index (χ2v) is 11.7. The van der Waals surface area contributed by atoms with E-state index in [9.17, 15) is 18.0 Å². The number of halogens is 2. The molecule has 0 aromatic heterocycles. The van der Waals surface area contributed by atoms with Gasteiger partial charge in [-0.15, -0.1) is 0 Å². The van der Waals surface area contributed by atoms with E-state index in [1.165, 1.54) is 36.2 Å². The van der Waals surface area contributed by atoms with Crippen LogP contribution in [-0.2, 0) is 32.6 Å². The van der Waals surface area contributed by atoms with Gasteiger partial charge in [-0.05, 0) is 47.9 Å². The van der Waals surface area contributed by atoms with Gasteiger partial charge in [0.05, 0.1) is 11.4 Å². The average Bonchev–Trinajstić information content (AvgIpc) is 2.91. The molecule has 0 fully saturated rings. The number of nitrogens with zero attached hydrogens (tertiary/aromatic N) is 2. The highest BCUT2D eigenvalue weighted by atomic mass is 35.5. The van der Waals surface area contributed by atoms with Crippen LogP contribution in [0, 0.1) is 0 Å². The molecule has 38 heavy (non-hydrogen) atoms. The van der Waals surface area contributed by atoms with Gasteiger partial charge >= 0.3 is 0 Å². The van der Waals surface area contributed by atoms with Gasteiger partial charge in [0.1, 0.15) is 6.04 Å². The molecule has 0 heterocycles. The number of benzene rings is 3. The van der Waals surface area contributed by atoms with Crippen LogP contribution in [0.4, 0.5) is 0 Å². The third-order valence-corrected chi connectivity index (χ3v) is 8.44. The molecule has 0 aliphatic heterocycles. The molecule has 3 rings (SSSR count). The first-order valence-corrected chi connectivity index (χ1v) is 14.4. The number of carbonyl (C=O) groups excluding carboxylic acids is 2. The van der Waals surface area contributed by atoms with E-state index in [0.717, 1.165) is 16.3 Å². The van der Waals surface area contributed by atoms with Crippen LogP contribution in [0.1, 0.15) is 24.5 Å². The highest BCUT2D eigenvalue weighted by molar-refractivity contribution is 7.89. The molecule has 2 amide bonds. The lowest BCUT2D eigenvalue weighted by molar-refractivity contribution is -0.141. The van der Waals surface area contributed by atoms with Crippen LogP contribution in [0.5, 0.6) is 0 Å². The predicted octanol–water partition coefficient (Wildman–Crippen LogP) is 4.78. The molecular weight excluding hydrogens is 545 g/mol. The fourth-order valence-corrected chi connectivity index (χ4v) is 5.32. The van der Waals surface area contributed by atoms with Gasteiger partial charge in [-0.2, -0.15) is 4.31 Å². The van der Waals surface area contributed by atoms with E-state index in [2.05, 4.69) is 5.32 Å². The smallest absolute Gasteiger partial charge is 0.243 e. The summed E-state index contributed by atoms with van der Waals surface area (Å²) in [6.07, 6.45) is 0.977. The van der Waals surface area contributed by atoms with Crippen LogP contribution >= 0.6 is 23.2 Å². The molecule has 7 nitrogen and oxygen atoms in total. The minimum atomic E-state index is -3.98. The number of sulfonamides is 1. The van der Waals surface area contributed by atoms with Crippen LogP contribution in [0.25, 0.3) is 0 Å². The summed E-state index contributed by atoms with van der Waals surface area (Å²) in [5.41, 5.74) is 1.51. The Kier molecular flexibility index (Phi) is 10.7. The largest absolute Gasteiger partial charge is 0.354 e. The second-order valence-electron chi connectivity index (χ2n) is 8.82. The number of nitrogens with one attached hydrogen (secondary N) is 1. The Morgan fingerprint density at radius 1 is 0.921 bits per heavy atom. The maximum Gasteiger partial charge on any atom is 0.243 e. The minimum absolute atomic E-state index is 0.0105. The first-order chi connectivity index (χ1) is 18.1. The molecule has 3 aromatic rings. The van der Waals surface area contributed by atoms with E-state index in [0.29, 0.717) is 22.2 Å². The number of carbonyl (C=O) groups is 2. The molecule has 0 saturated carbocycles. The lowest BCUT2D eigenvalue weighted by Gasteiger charge is -2.33. The van der Waals surface area contributed by atoms with Crippen molar-refractivity contribution in [3.63, 3.8) is 0 Å². The van der Waals surface area contributed by atoms with Crippen molar-refractivity contribution in [2.45, 2.75) is 37.2 Å². The summed E-state index contributed by atoms with van der Waals surface area (Å²) in [6, 6.07) is 21.3. The first kappa shape index (κ1) is 29.6. The van der Waals surface area contributed by atoms with E-state index in [-0.39, 0.29) is 23.8 Å². The van der Waals surface area contributed by atoms with Crippen molar-refractivity contribution in [2.24, 2.45) is 0 Å². The number of amides is 2. The molecule has 10 heteroatoms. The summed E-state index contributed by atoms with van der Waals surface area (Å²) in [7, 11) is -2.65. The van der Waals surface area contributed by atoms with Crippen molar-refractivity contribution < 1.29 is 18.0 Å². The SMILES string of the molecule is CCCNC(=O)[C@H](Cc1ccccc1)N(Cc1ccccc1Cl)C(=O)CN(C)S(=O)(=O)c1ccc(Cl)cc1. The van der Waals surface area contributed by atoms with Crippen molar-refractivity contribution in [1.29, 1.82) is 0 Å². The molecule has 0 aliphatic carbocycles. The van der Waals surface area contributed by atoms with E-state index in [1.54, 1.807) is 24.3 Å². The Bertz CT molecular complexity index is 1340. The van der Waals surface area contributed by atoms with Crippen LogP contribution < -0.4 is 5.32 Å². The standard InChI is InChI=1S/C28H31Cl2N3O4S/c1-3-17-31-28(35)26(18-21-9-5-4-6-10-21)33(19-22-11-7-8-12-25(22)30)27(34)20-32(2)38(36,37)24-15-13-23(29)14-16-24/h4-16,26H,3,17-20H2,1-2H3,(H,31,35)/t26-/m0/s1. The zero-order valence-corrected chi connectivity index (χ0v) is 23.6. The number of hydrogen-bond donors (Lipinski definition) is 1. The summed E-state index contributed by atoms with van der Waals surface area (Å²) in [6.45, 7) is 1.95. The van der Waals surface area contributed by atoms with Crippen LogP contribution in [0.15, 0.2) is 83.8 Å². The molecule has 3 aromatic carbocycles. The lowest BCUT2D eigenvalue weighted by Crippen LogP contribution is -2.53. The third-order valence-electron chi connectivity index (χ3n) is 6.00. The molecule has 1 N–H and O–H groups in total. The summed E-state index contributed by atoms with van der Waals surface area (Å²) in [5.74, 6) is -0.850. The highest BCUT2D eigenvalue weighted by Crippen LogP contribution is 2.22. The van der Waals surface area contributed by atoms with Crippen molar-refractivity contribution >= 4 is 45.0 Å². The summed E-state index contributed by atoms with van der Waals surface area (Å²) in [4.78, 5) is 28.6. The van der Waals surface area contributed by atoms with Crippen molar-refractivity contribution in [3.05, 3.63) is 100 Å². The van der Waals surface area contributed by atoms with Crippen molar-refractivity contribution in [3.8, 4) is 0 Å². The van der Waals surface area contributed by atoms with E-state index in [1.807, 2.05) is 37.3 Å². The Hall–Kier alpha value is -2.91. The molecule has 0 spiro atoms. The third kappa shape index (κ3) is 7.80. The number of hydrogen-bond acceptors (Lipinski definition) is 4. The second kappa shape index (κ2) is 13.8. The molecular formula is C28H31Cl2N3O4S. The van der Waals surface area contributed by atoms with Gasteiger partial charge in [0, 0.05) is 36.6 Å². The molecule has 1 atom stereocenters. The maximum absolute atomic E-state index is 13.8. The van der Waals surface area contributed by atoms with Crippen LogP contribution in [-0.4, -0.2) is 55.6 Å². The fraction of sp³-hybridized carbons (Fsp3) is 0.286. The molecule has 0 bridgehead atoms. The lowest BCUT2D eigenvalue weighted by atomic mass is 10.0. The average molecular weight is 577 g/mol. The Balaban J connectivity index is 1.97. The molecule has 0 aliphatic rings. The van der Waals surface area contributed by atoms with Gasteiger partial charge in [0.25, 0.3) is 0 Å². The van der Waals surface area contributed by atoms with E-state index in [4.69, 9.17) is 23.2 Å².